The van der Waals surface area contributed by atoms with Crippen molar-refractivity contribution in [2.75, 3.05) is 13.2 Å². The lowest BCUT2D eigenvalue weighted by molar-refractivity contribution is -0.159. The van der Waals surface area contributed by atoms with Gasteiger partial charge in [0.2, 0.25) is 0 Å². The van der Waals surface area contributed by atoms with Crippen LogP contribution in [0.15, 0.2) is 42.5 Å². The van der Waals surface area contributed by atoms with Crippen molar-refractivity contribution in [3.05, 3.63) is 48.0 Å². The first kappa shape index (κ1) is 16.5. The van der Waals surface area contributed by atoms with Crippen LogP contribution in [0.1, 0.15) is 19.4 Å². The third-order valence-electron chi connectivity index (χ3n) is 2.53. The molecule has 1 aromatic carbocycles. The number of rotatable bonds is 5. The van der Waals surface area contributed by atoms with Crippen molar-refractivity contribution in [2.24, 2.45) is 5.92 Å². The Kier molecular flexibility index (Phi) is 6.76. The lowest BCUT2D eigenvalue weighted by atomic mass is 10.0. The summed E-state index contributed by atoms with van der Waals surface area (Å²) in [5, 5.41) is 0. The Hall–Kier alpha value is -2.54. The van der Waals surface area contributed by atoms with Gasteiger partial charge in [-0.05, 0) is 26.0 Å². The van der Waals surface area contributed by atoms with Crippen molar-refractivity contribution >= 4 is 11.9 Å². The maximum Gasteiger partial charge on any atom is 0.325 e. The van der Waals surface area contributed by atoms with Gasteiger partial charge in [-0.1, -0.05) is 36.6 Å². The van der Waals surface area contributed by atoms with E-state index in [9.17, 15) is 9.59 Å². The zero-order valence-electron chi connectivity index (χ0n) is 12.2. The zero-order valence-corrected chi connectivity index (χ0v) is 12.2. The van der Waals surface area contributed by atoms with Gasteiger partial charge in [0.25, 0.3) is 0 Å². The van der Waals surface area contributed by atoms with E-state index in [1.54, 1.807) is 13.8 Å². The topological polar surface area (TPSA) is 52.6 Å². The van der Waals surface area contributed by atoms with E-state index in [0.29, 0.717) is 0 Å². The number of hydrogen-bond donors (Lipinski definition) is 0. The second-order valence-corrected chi connectivity index (χ2v) is 4.08. The molecule has 0 spiro atoms. The number of esters is 2. The Labute approximate surface area is 124 Å². The quantitative estimate of drug-likeness (QED) is 0.473. The average Bonchev–Trinajstić information content (AvgIpc) is 2.47. The van der Waals surface area contributed by atoms with Crippen molar-refractivity contribution in [3.8, 4) is 11.8 Å². The summed E-state index contributed by atoms with van der Waals surface area (Å²) in [6.07, 6.45) is 0. The highest BCUT2D eigenvalue weighted by Crippen LogP contribution is 2.13. The molecule has 0 bridgehead atoms. The van der Waals surface area contributed by atoms with Gasteiger partial charge >= 0.3 is 11.9 Å². The van der Waals surface area contributed by atoms with E-state index in [-0.39, 0.29) is 18.8 Å². The fourth-order valence-electron chi connectivity index (χ4n) is 1.58. The van der Waals surface area contributed by atoms with Gasteiger partial charge in [0, 0.05) is 11.1 Å². The van der Waals surface area contributed by atoms with Gasteiger partial charge in [-0.2, -0.15) is 0 Å². The lowest BCUT2D eigenvalue weighted by Gasteiger charge is -2.13. The summed E-state index contributed by atoms with van der Waals surface area (Å²) in [6.45, 7) is 7.38. The van der Waals surface area contributed by atoms with Crippen LogP contribution in [0.2, 0.25) is 0 Å². The SMILES string of the molecule is C=C(C#Cc1ccccc1)C(C(=O)OCC)C(=O)OCC. The number of hydrogen-bond acceptors (Lipinski definition) is 4. The van der Waals surface area contributed by atoms with Gasteiger partial charge in [0.1, 0.15) is 0 Å². The van der Waals surface area contributed by atoms with Crippen LogP contribution in [0, 0.1) is 17.8 Å². The lowest BCUT2D eigenvalue weighted by Crippen LogP contribution is -2.29. The molecule has 4 heteroatoms. The van der Waals surface area contributed by atoms with Crippen molar-refractivity contribution in [1.29, 1.82) is 0 Å². The van der Waals surface area contributed by atoms with E-state index in [0.717, 1.165) is 5.56 Å². The summed E-state index contributed by atoms with van der Waals surface area (Å²) in [7, 11) is 0. The molecule has 0 aliphatic rings. The van der Waals surface area contributed by atoms with Crippen LogP contribution in [0.4, 0.5) is 0 Å². The number of ether oxygens (including phenoxy) is 2. The number of carbonyl (C=O) groups is 2. The minimum atomic E-state index is -1.21. The first-order chi connectivity index (χ1) is 10.1. The average molecular weight is 286 g/mol. The van der Waals surface area contributed by atoms with E-state index in [1.165, 1.54) is 0 Å². The van der Waals surface area contributed by atoms with Crippen molar-refractivity contribution in [3.63, 3.8) is 0 Å². The highest BCUT2D eigenvalue weighted by atomic mass is 16.6. The van der Waals surface area contributed by atoms with Crippen LogP contribution < -0.4 is 0 Å². The van der Waals surface area contributed by atoms with E-state index < -0.39 is 17.9 Å². The van der Waals surface area contributed by atoms with Crippen molar-refractivity contribution in [1.82, 2.24) is 0 Å². The van der Waals surface area contributed by atoms with Crippen molar-refractivity contribution in [2.45, 2.75) is 13.8 Å². The summed E-state index contributed by atoms with van der Waals surface area (Å²) < 4.78 is 9.75. The molecule has 1 rings (SSSR count). The van der Waals surface area contributed by atoms with Crippen LogP contribution >= 0.6 is 0 Å². The standard InChI is InChI=1S/C17H18O4/c1-4-20-16(18)15(17(19)21-5-2)13(3)11-12-14-9-7-6-8-10-14/h6-10,15H,3-5H2,1-2H3. The van der Waals surface area contributed by atoms with Gasteiger partial charge in [-0.15, -0.1) is 0 Å². The molecule has 21 heavy (non-hydrogen) atoms. The fourth-order valence-corrected chi connectivity index (χ4v) is 1.58. The summed E-state index contributed by atoms with van der Waals surface area (Å²) in [4.78, 5) is 23.7. The largest absolute Gasteiger partial charge is 0.465 e. The van der Waals surface area contributed by atoms with Crippen LogP contribution in [0.5, 0.6) is 0 Å². The second kappa shape index (κ2) is 8.60. The normalized spacial score (nSPS) is 9.48. The Morgan fingerprint density at radius 3 is 2.10 bits per heavy atom. The maximum atomic E-state index is 11.9. The van der Waals surface area contributed by atoms with E-state index >= 15 is 0 Å². The van der Waals surface area contributed by atoms with Crippen molar-refractivity contribution < 1.29 is 19.1 Å². The molecule has 0 fully saturated rings. The van der Waals surface area contributed by atoms with Crippen LogP contribution in [0.25, 0.3) is 0 Å². The van der Waals surface area contributed by atoms with Gasteiger partial charge in [0.05, 0.1) is 13.2 Å². The van der Waals surface area contributed by atoms with Gasteiger partial charge in [-0.25, -0.2) is 0 Å². The third kappa shape index (κ3) is 5.15. The summed E-state index contributed by atoms with van der Waals surface area (Å²) in [6, 6.07) is 9.22. The molecule has 0 aliphatic carbocycles. The third-order valence-corrected chi connectivity index (χ3v) is 2.53. The van der Waals surface area contributed by atoms with E-state index in [4.69, 9.17) is 9.47 Å². The molecular weight excluding hydrogens is 268 g/mol. The summed E-state index contributed by atoms with van der Waals surface area (Å²) in [5.41, 5.74) is 0.931. The monoisotopic (exact) mass is 286 g/mol. The summed E-state index contributed by atoms with van der Waals surface area (Å²) in [5.74, 6) is 3.00. The molecule has 0 saturated heterocycles. The molecule has 0 atom stereocenters. The molecule has 0 radical (unpaired) electrons. The minimum absolute atomic E-state index is 0.163. The first-order valence-electron chi connectivity index (χ1n) is 6.69. The molecule has 4 nitrogen and oxygen atoms in total. The molecule has 0 saturated carbocycles. The molecule has 0 N–H and O–H groups in total. The van der Waals surface area contributed by atoms with Gasteiger partial charge in [0.15, 0.2) is 5.92 Å². The highest BCUT2D eigenvalue weighted by molar-refractivity contribution is 5.99. The molecule has 0 aliphatic heterocycles. The Balaban J connectivity index is 2.93. The molecule has 0 unspecified atom stereocenters. The fraction of sp³-hybridized carbons (Fsp3) is 0.294. The summed E-state index contributed by atoms with van der Waals surface area (Å²) >= 11 is 0. The smallest absolute Gasteiger partial charge is 0.325 e. The van der Waals surface area contributed by atoms with Crippen LogP contribution in [-0.2, 0) is 19.1 Å². The van der Waals surface area contributed by atoms with E-state index in [1.807, 2.05) is 30.3 Å². The Morgan fingerprint density at radius 1 is 1.10 bits per heavy atom. The molecule has 0 aromatic heterocycles. The zero-order chi connectivity index (χ0) is 15.7. The van der Waals surface area contributed by atoms with E-state index in [2.05, 4.69) is 18.4 Å². The maximum absolute atomic E-state index is 11.9. The predicted octanol–water partition coefficient (Wildman–Crippen LogP) is 2.34. The van der Waals surface area contributed by atoms with Gasteiger partial charge < -0.3 is 9.47 Å². The van der Waals surface area contributed by atoms with Crippen LogP contribution in [-0.4, -0.2) is 25.2 Å². The molecule has 0 amide bonds. The highest BCUT2D eigenvalue weighted by Gasteiger charge is 2.31. The Morgan fingerprint density at radius 2 is 1.62 bits per heavy atom. The minimum Gasteiger partial charge on any atom is -0.465 e. The molecule has 1 aromatic rings. The number of carbonyl (C=O) groups excluding carboxylic acids is 2. The van der Waals surface area contributed by atoms with Crippen LogP contribution in [0.3, 0.4) is 0 Å². The second-order valence-electron chi connectivity index (χ2n) is 4.08. The first-order valence-corrected chi connectivity index (χ1v) is 6.69. The molecular formula is C17H18O4. The Bertz CT molecular complexity index is 545. The van der Waals surface area contributed by atoms with Gasteiger partial charge in [-0.3, -0.25) is 9.59 Å². The molecule has 0 heterocycles. The number of benzene rings is 1. The molecule has 110 valence electrons. The predicted molar refractivity (Wildman–Crippen MR) is 79.2 cm³/mol.